The number of benzene rings is 1. The molecule has 1 N–H and O–H groups in total. The molecular formula is C18H16N4O. The van der Waals surface area contributed by atoms with Crippen LogP contribution in [0.4, 0.5) is 0 Å². The van der Waals surface area contributed by atoms with Gasteiger partial charge < -0.3 is 4.57 Å². The van der Waals surface area contributed by atoms with E-state index in [1.165, 1.54) is 0 Å². The molecule has 1 aromatic carbocycles. The standard InChI is InChI=1S/C18H16N4O/c1-14(16-9-4-5-11-19-16)20-21-18(23)15-8-2-3-10-17(15)22-12-6-7-13-22/h2-13H,1H3,(H,21,23)/b20-14+. The lowest BCUT2D eigenvalue weighted by Gasteiger charge is -2.09. The fourth-order valence-corrected chi connectivity index (χ4v) is 2.21. The molecule has 0 aliphatic heterocycles. The molecule has 0 saturated heterocycles. The van der Waals surface area contributed by atoms with Crippen LogP contribution in [0.25, 0.3) is 5.69 Å². The number of nitrogens with one attached hydrogen (secondary N) is 1. The van der Waals surface area contributed by atoms with Crippen LogP contribution in [0, 0.1) is 0 Å². The molecule has 2 aromatic heterocycles. The molecule has 114 valence electrons. The predicted octanol–water partition coefficient (Wildman–Crippen LogP) is 3.03. The first-order chi connectivity index (χ1) is 11.3. The largest absolute Gasteiger partial charge is 0.323 e. The maximum absolute atomic E-state index is 12.4. The number of hydrazone groups is 1. The van der Waals surface area contributed by atoms with Crippen molar-refractivity contribution in [1.29, 1.82) is 0 Å². The van der Waals surface area contributed by atoms with E-state index in [1.54, 1.807) is 19.2 Å². The molecule has 1 amide bonds. The first-order valence-electron chi connectivity index (χ1n) is 7.24. The molecule has 23 heavy (non-hydrogen) atoms. The highest BCUT2D eigenvalue weighted by Gasteiger charge is 2.11. The van der Waals surface area contributed by atoms with Gasteiger partial charge in [0.25, 0.3) is 5.91 Å². The van der Waals surface area contributed by atoms with E-state index in [9.17, 15) is 4.79 Å². The summed E-state index contributed by atoms with van der Waals surface area (Å²) in [6.07, 6.45) is 5.49. The number of nitrogens with zero attached hydrogens (tertiary/aromatic N) is 3. The van der Waals surface area contributed by atoms with Gasteiger partial charge in [0, 0.05) is 18.6 Å². The van der Waals surface area contributed by atoms with E-state index >= 15 is 0 Å². The molecule has 5 heteroatoms. The topological polar surface area (TPSA) is 59.3 Å². The van der Waals surface area contributed by atoms with Crippen molar-refractivity contribution in [3.05, 3.63) is 84.4 Å². The lowest BCUT2D eigenvalue weighted by molar-refractivity contribution is 0.0955. The minimum absolute atomic E-state index is 0.260. The van der Waals surface area contributed by atoms with E-state index in [1.807, 2.05) is 65.5 Å². The zero-order valence-electron chi connectivity index (χ0n) is 12.7. The average molecular weight is 304 g/mol. The Morgan fingerprint density at radius 2 is 1.78 bits per heavy atom. The summed E-state index contributed by atoms with van der Waals surface area (Å²) in [5.74, 6) is -0.260. The Hall–Kier alpha value is -3.21. The summed E-state index contributed by atoms with van der Waals surface area (Å²) in [6.45, 7) is 1.81. The van der Waals surface area contributed by atoms with Gasteiger partial charge >= 0.3 is 0 Å². The summed E-state index contributed by atoms with van der Waals surface area (Å²) >= 11 is 0. The molecule has 3 rings (SSSR count). The van der Waals surface area contributed by atoms with Crippen LogP contribution in [0.3, 0.4) is 0 Å². The number of rotatable bonds is 4. The Morgan fingerprint density at radius 3 is 2.52 bits per heavy atom. The summed E-state index contributed by atoms with van der Waals surface area (Å²) in [5, 5.41) is 4.14. The van der Waals surface area contributed by atoms with Crippen molar-refractivity contribution in [1.82, 2.24) is 15.0 Å². The molecular weight excluding hydrogens is 288 g/mol. The SMILES string of the molecule is C/C(=N\NC(=O)c1ccccc1-n1cccc1)c1ccccn1. The zero-order valence-corrected chi connectivity index (χ0v) is 12.7. The molecule has 0 fully saturated rings. The fourth-order valence-electron chi connectivity index (χ4n) is 2.21. The number of hydrogen-bond acceptors (Lipinski definition) is 3. The maximum Gasteiger partial charge on any atom is 0.273 e. The van der Waals surface area contributed by atoms with Crippen LogP contribution >= 0.6 is 0 Å². The van der Waals surface area contributed by atoms with Gasteiger partial charge in [-0.1, -0.05) is 18.2 Å². The first-order valence-corrected chi connectivity index (χ1v) is 7.24. The van der Waals surface area contributed by atoms with Crippen molar-refractivity contribution in [3.63, 3.8) is 0 Å². The summed E-state index contributed by atoms with van der Waals surface area (Å²) in [4.78, 5) is 16.6. The average Bonchev–Trinajstić information content (AvgIpc) is 3.14. The highest BCUT2D eigenvalue weighted by molar-refractivity contribution is 6.01. The molecule has 5 nitrogen and oxygen atoms in total. The van der Waals surface area contributed by atoms with Crippen LogP contribution < -0.4 is 5.43 Å². The second kappa shape index (κ2) is 6.70. The molecule has 3 aromatic rings. The van der Waals surface area contributed by atoms with Gasteiger partial charge in [0.2, 0.25) is 0 Å². The molecule has 0 unspecified atom stereocenters. The van der Waals surface area contributed by atoms with E-state index in [0.29, 0.717) is 11.3 Å². The number of carbonyl (C=O) groups is 1. The van der Waals surface area contributed by atoms with E-state index in [-0.39, 0.29) is 5.91 Å². The van der Waals surface area contributed by atoms with Crippen molar-refractivity contribution >= 4 is 11.6 Å². The number of carbonyl (C=O) groups excluding carboxylic acids is 1. The van der Waals surface area contributed by atoms with E-state index in [0.717, 1.165) is 11.4 Å². The smallest absolute Gasteiger partial charge is 0.273 e. The van der Waals surface area contributed by atoms with Crippen molar-refractivity contribution in [2.24, 2.45) is 5.10 Å². The van der Waals surface area contributed by atoms with E-state index in [2.05, 4.69) is 15.5 Å². The molecule has 0 spiro atoms. The Kier molecular flexibility index (Phi) is 4.29. The number of aromatic nitrogens is 2. The van der Waals surface area contributed by atoms with Crippen molar-refractivity contribution in [2.45, 2.75) is 6.92 Å². The Bertz CT molecular complexity index is 823. The van der Waals surface area contributed by atoms with Crippen molar-refractivity contribution in [2.75, 3.05) is 0 Å². The molecule has 2 heterocycles. The summed E-state index contributed by atoms with van der Waals surface area (Å²) in [6, 6.07) is 16.8. The summed E-state index contributed by atoms with van der Waals surface area (Å²) < 4.78 is 1.89. The molecule has 0 radical (unpaired) electrons. The third kappa shape index (κ3) is 3.35. The predicted molar refractivity (Wildman–Crippen MR) is 89.7 cm³/mol. The van der Waals surface area contributed by atoms with Gasteiger partial charge in [-0.15, -0.1) is 0 Å². The van der Waals surface area contributed by atoms with Crippen LogP contribution in [-0.2, 0) is 0 Å². The second-order valence-electron chi connectivity index (χ2n) is 4.96. The van der Waals surface area contributed by atoms with Gasteiger partial charge in [0.1, 0.15) is 0 Å². The van der Waals surface area contributed by atoms with Crippen molar-refractivity contribution < 1.29 is 4.79 Å². The zero-order chi connectivity index (χ0) is 16.1. The summed E-state index contributed by atoms with van der Waals surface area (Å²) in [7, 11) is 0. The monoisotopic (exact) mass is 304 g/mol. The second-order valence-corrected chi connectivity index (χ2v) is 4.96. The van der Waals surface area contributed by atoms with Crippen LogP contribution in [0.2, 0.25) is 0 Å². The Balaban J connectivity index is 1.82. The maximum atomic E-state index is 12.4. The number of pyridine rings is 1. The highest BCUT2D eigenvalue weighted by atomic mass is 16.2. The Labute approximate surface area is 134 Å². The first kappa shape index (κ1) is 14.7. The van der Waals surface area contributed by atoms with E-state index < -0.39 is 0 Å². The molecule has 0 saturated carbocycles. The van der Waals surface area contributed by atoms with Gasteiger partial charge in [-0.3, -0.25) is 9.78 Å². The molecule has 0 atom stereocenters. The van der Waals surface area contributed by atoms with Gasteiger partial charge in [-0.25, -0.2) is 5.43 Å². The van der Waals surface area contributed by atoms with Gasteiger partial charge in [-0.2, -0.15) is 5.10 Å². The third-order valence-electron chi connectivity index (χ3n) is 3.39. The quantitative estimate of drug-likeness (QED) is 0.595. The normalized spacial score (nSPS) is 11.3. The van der Waals surface area contributed by atoms with Crippen molar-refractivity contribution in [3.8, 4) is 5.69 Å². The lowest BCUT2D eigenvalue weighted by atomic mass is 10.1. The molecule has 0 aliphatic rings. The minimum atomic E-state index is -0.260. The third-order valence-corrected chi connectivity index (χ3v) is 3.39. The van der Waals surface area contributed by atoms with Gasteiger partial charge in [-0.05, 0) is 43.3 Å². The number of hydrogen-bond donors (Lipinski definition) is 1. The number of amides is 1. The number of para-hydroxylation sites is 1. The van der Waals surface area contributed by atoms with Crippen LogP contribution in [0.1, 0.15) is 23.0 Å². The van der Waals surface area contributed by atoms with Crippen LogP contribution in [0.5, 0.6) is 0 Å². The lowest BCUT2D eigenvalue weighted by Crippen LogP contribution is -2.21. The molecule has 0 bridgehead atoms. The van der Waals surface area contributed by atoms with Crippen LogP contribution in [-0.4, -0.2) is 21.2 Å². The summed E-state index contributed by atoms with van der Waals surface area (Å²) in [5.41, 5.74) is 5.34. The molecule has 0 aliphatic carbocycles. The van der Waals surface area contributed by atoms with Crippen LogP contribution in [0.15, 0.2) is 78.3 Å². The van der Waals surface area contributed by atoms with Gasteiger partial charge in [0.15, 0.2) is 0 Å². The Morgan fingerprint density at radius 1 is 1.04 bits per heavy atom. The highest BCUT2D eigenvalue weighted by Crippen LogP contribution is 2.14. The van der Waals surface area contributed by atoms with E-state index in [4.69, 9.17) is 0 Å². The minimum Gasteiger partial charge on any atom is -0.323 e. The van der Waals surface area contributed by atoms with Gasteiger partial charge in [0.05, 0.1) is 22.7 Å². The fraction of sp³-hybridized carbons (Fsp3) is 0.0556.